The second-order valence-corrected chi connectivity index (χ2v) is 4.97. The van der Waals surface area contributed by atoms with Crippen molar-refractivity contribution in [2.75, 3.05) is 6.61 Å². The van der Waals surface area contributed by atoms with Gasteiger partial charge in [0.15, 0.2) is 0 Å². The molecule has 2 nitrogen and oxygen atoms in total. The van der Waals surface area contributed by atoms with Crippen molar-refractivity contribution in [3.8, 4) is 0 Å². The van der Waals surface area contributed by atoms with Gasteiger partial charge in [-0.15, -0.1) is 0 Å². The van der Waals surface area contributed by atoms with Gasteiger partial charge in [-0.05, 0) is 36.5 Å². The van der Waals surface area contributed by atoms with Gasteiger partial charge in [-0.2, -0.15) is 0 Å². The third kappa shape index (κ3) is 6.80. The predicted molar refractivity (Wildman–Crippen MR) is 80.0 cm³/mol. The third-order valence-corrected chi connectivity index (χ3v) is 2.96. The summed E-state index contributed by atoms with van der Waals surface area (Å²) in [4.78, 5) is 10.7. The fourth-order valence-electron chi connectivity index (χ4n) is 1.90. The second-order valence-electron chi connectivity index (χ2n) is 4.97. The number of carbonyl (C=O) groups excluding carboxylic acids is 1. The first-order valence-electron chi connectivity index (χ1n) is 7.01. The SMILES string of the molecule is CCCCCc1ccc(C=C(C)COC(C)=O)cc1. The van der Waals surface area contributed by atoms with Crippen LogP contribution in [-0.4, -0.2) is 12.6 Å². The Hall–Kier alpha value is -1.57. The van der Waals surface area contributed by atoms with E-state index in [1.807, 2.05) is 6.92 Å². The number of esters is 1. The molecule has 0 aliphatic heterocycles. The summed E-state index contributed by atoms with van der Waals surface area (Å²) in [5.74, 6) is -0.237. The Kier molecular flexibility index (Phi) is 6.94. The Bertz CT molecular complexity index is 415. The molecule has 0 bridgehead atoms. The molecule has 1 rings (SSSR count). The van der Waals surface area contributed by atoms with Crippen LogP contribution in [0.5, 0.6) is 0 Å². The molecule has 19 heavy (non-hydrogen) atoms. The van der Waals surface area contributed by atoms with Crippen molar-refractivity contribution >= 4 is 12.0 Å². The van der Waals surface area contributed by atoms with Crippen LogP contribution in [0.1, 0.15) is 51.2 Å². The fourth-order valence-corrected chi connectivity index (χ4v) is 1.90. The van der Waals surface area contributed by atoms with E-state index in [0.717, 1.165) is 17.6 Å². The Morgan fingerprint density at radius 3 is 2.42 bits per heavy atom. The zero-order valence-electron chi connectivity index (χ0n) is 12.2. The standard InChI is InChI=1S/C17H24O2/c1-4-5-6-7-16-8-10-17(11-9-16)12-14(2)13-19-15(3)18/h8-12H,4-7,13H2,1-3H3. The molecule has 1 aromatic rings. The molecule has 0 atom stereocenters. The van der Waals surface area contributed by atoms with Gasteiger partial charge in [0, 0.05) is 6.92 Å². The topological polar surface area (TPSA) is 26.3 Å². The average molecular weight is 260 g/mol. The number of hydrogen-bond donors (Lipinski definition) is 0. The van der Waals surface area contributed by atoms with Crippen molar-refractivity contribution in [3.05, 3.63) is 41.0 Å². The lowest BCUT2D eigenvalue weighted by atomic mass is 10.0. The van der Waals surface area contributed by atoms with Gasteiger partial charge in [0.05, 0.1) is 0 Å². The lowest BCUT2D eigenvalue weighted by Gasteiger charge is -2.04. The molecule has 0 N–H and O–H groups in total. The molecule has 0 saturated heterocycles. The summed E-state index contributed by atoms with van der Waals surface area (Å²) in [5, 5.41) is 0. The first-order valence-corrected chi connectivity index (χ1v) is 7.01. The van der Waals surface area contributed by atoms with Crippen molar-refractivity contribution in [1.82, 2.24) is 0 Å². The van der Waals surface area contributed by atoms with E-state index in [2.05, 4.69) is 37.3 Å². The maximum atomic E-state index is 10.7. The molecule has 0 fully saturated rings. The van der Waals surface area contributed by atoms with E-state index in [9.17, 15) is 4.79 Å². The summed E-state index contributed by atoms with van der Waals surface area (Å²) in [6.07, 6.45) is 7.03. The Morgan fingerprint density at radius 1 is 1.16 bits per heavy atom. The number of ether oxygens (including phenoxy) is 1. The van der Waals surface area contributed by atoms with Crippen LogP contribution >= 0.6 is 0 Å². The number of benzene rings is 1. The molecular weight excluding hydrogens is 236 g/mol. The molecule has 0 aliphatic rings. The smallest absolute Gasteiger partial charge is 0.302 e. The van der Waals surface area contributed by atoms with Crippen LogP contribution in [-0.2, 0) is 16.0 Å². The summed E-state index contributed by atoms with van der Waals surface area (Å²) < 4.78 is 4.96. The minimum absolute atomic E-state index is 0.237. The van der Waals surface area contributed by atoms with Crippen molar-refractivity contribution in [1.29, 1.82) is 0 Å². The molecule has 104 valence electrons. The molecule has 2 heteroatoms. The minimum Gasteiger partial charge on any atom is -0.461 e. The molecule has 0 unspecified atom stereocenters. The number of aryl methyl sites for hydroxylation is 1. The largest absolute Gasteiger partial charge is 0.461 e. The van der Waals surface area contributed by atoms with Gasteiger partial charge < -0.3 is 4.74 Å². The predicted octanol–water partition coefficient (Wildman–Crippen LogP) is 4.39. The molecule has 0 amide bonds. The van der Waals surface area contributed by atoms with Gasteiger partial charge in [0.1, 0.15) is 6.61 Å². The minimum atomic E-state index is -0.237. The normalized spacial score (nSPS) is 11.4. The van der Waals surface area contributed by atoms with E-state index in [1.165, 1.54) is 31.7 Å². The molecular formula is C17H24O2. The molecule has 0 aliphatic carbocycles. The van der Waals surface area contributed by atoms with Crippen molar-refractivity contribution in [2.24, 2.45) is 0 Å². The molecule has 0 radical (unpaired) electrons. The van der Waals surface area contributed by atoms with Crippen LogP contribution in [0.3, 0.4) is 0 Å². The number of unbranched alkanes of at least 4 members (excludes halogenated alkanes) is 2. The van der Waals surface area contributed by atoms with Crippen LogP contribution in [0, 0.1) is 0 Å². The highest BCUT2D eigenvalue weighted by atomic mass is 16.5. The van der Waals surface area contributed by atoms with E-state index in [-0.39, 0.29) is 5.97 Å². The van der Waals surface area contributed by atoms with E-state index in [4.69, 9.17) is 4.74 Å². The van der Waals surface area contributed by atoms with Gasteiger partial charge in [-0.25, -0.2) is 0 Å². The van der Waals surface area contributed by atoms with Crippen molar-refractivity contribution in [3.63, 3.8) is 0 Å². The highest BCUT2D eigenvalue weighted by Crippen LogP contribution is 2.12. The first-order chi connectivity index (χ1) is 9.11. The summed E-state index contributed by atoms with van der Waals surface area (Å²) in [5.41, 5.74) is 3.60. The highest BCUT2D eigenvalue weighted by Gasteiger charge is 1.97. The molecule has 0 aromatic heterocycles. The maximum absolute atomic E-state index is 10.7. The van der Waals surface area contributed by atoms with Crippen LogP contribution in [0.2, 0.25) is 0 Å². The quantitative estimate of drug-likeness (QED) is 0.537. The van der Waals surface area contributed by atoms with Gasteiger partial charge in [-0.1, -0.05) is 50.1 Å². The number of rotatable bonds is 7. The van der Waals surface area contributed by atoms with E-state index < -0.39 is 0 Å². The molecule has 0 saturated carbocycles. The lowest BCUT2D eigenvalue weighted by molar-refractivity contribution is -0.139. The number of hydrogen-bond acceptors (Lipinski definition) is 2. The molecule has 0 spiro atoms. The van der Waals surface area contributed by atoms with E-state index in [0.29, 0.717) is 6.61 Å². The average Bonchev–Trinajstić information content (AvgIpc) is 2.39. The number of carbonyl (C=O) groups is 1. The summed E-state index contributed by atoms with van der Waals surface area (Å²) in [7, 11) is 0. The van der Waals surface area contributed by atoms with Gasteiger partial charge in [0.2, 0.25) is 0 Å². The lowest BCUT2D eigenvalue weighted by Crippen LogP contribution is -2.01. The monoisotopic (exact) mass is 260 g/mol. The van der Waals surface area contributed by atoms with Gasteiger partial charge in [0.25, 0.3) is 0 Å². The zero-order chi connectivity index (χ0) is 14.1. The molecule has 1 aromatic carbocycles. The summed E-state index contributed by atoms with van der Waals surface area (Å²) >= 11 is 0. The van der Waals surface area contributed by atoms with Crippen molar-refractivity contribution < 1.29 is 9.53 Å². The Morgan fingerprint density at radius 2 is 1.84 bits per heavy atom. The van der Waals surface area contributed by atoms with Crippen LogP contribution < -0.4 is 0 Å². The van der Waals surface area contributed by atoms with Gasteiger partial charge >= 0.3 is 5.97 Å². The van der Waals surface area contributed by atoms with E-state index in [1.54, 1.807) is 0 Å². The zero-order valence-corrected chi connectivity index (χ0v) is 12.2. The fraction of sp³-hybridized carbons (Fsp3) is 0.471. The van der Waals surface area contributed by atoms with Crippen molar-refractivity contribution in [2.45, 2.75) is 46.5 Å². The molecule has 0 heterocycles. The Balaban J connectivity index is 2.51. The summed E-state index contributed by atoms with van der Waals surface area (Å²) in [6, 6.07) is 8.61. The second kappa shape index (κ2) is 8.52. The third-order valence-electron chi connectivity index (χ3n) is 2.96. The highest BCUT2D eigenvalue weighted by molar-refractivity contribution is 5.66. The van der Waals surface area contributed by atoms with Crippen LogP contribution in [0.25, 0.3) is 6.08 Å². The maximum Gasteiger partial charge on any atom is 0.302 e. The van der Waals surface area contributed by atoms with Crippen LogP contribution in [0.4, 0.5) is 0 Å². The van der Waals surface area contributed by atoms with E-state index >= 15 is 0 Å². The first kappa shape index (κ1) is 15.5. The Labute approximate surface area is 116 Å². The van der Waals surface area contributed by atoms with Crippen LogP contribution in [0.15, 0.2) is 29.8 Å². The summed E-state index contributed by atoms with van der Waals surface area (Å²) in [6.45, 7) is 5.99. The van der Waals surface area contributed by atoms with Gasteiger partial charge in [-0.3, -0.25) is 4.79 Å².